The topological polar surface area (TPSA) is 55.4 Å². The summed E-state index contributed by atoms with van der Waals surface area (Å²) in [6.45, 7) is 0. The lowest BCUT2D eigenvalue weighted by Crippen LogP contribution is -2.13. The van der Waals surface area contributed by atoms with Crippen LogP contribution in [0.2, 0.25) is 0 Å². The first-order valence-electron chi connectivity index (χ1n) is 7.19. The van der Waals surface area contributed by atoms with Crippen LogP contribution in [0.1, 0.15) is 35.2 Å². The van der Waals surface area contributed by atoms with E-state index in [0.29, 0.717) is 17.7 Å². The Hall–Kier alpha value is -2.14. The van der Waals surface area contributed by atoms with E-state index < -0.39 is 5.97 Å². The highest BCUT2D eigenvalue weighted by molar-refractivity contribution is 7.08. The quantitative estimate of drug-likeness (QED) is 0.622. The molecule has 0 fully saturated rings. The summed E-state index contributed by atoms with van der Waals surface area (Å²) in [5.74, 6) is -0.503. The van der Waals surface area contributed by atoms with Crippen molar-refractivity contribution in [3.8, 4) is 0 Å². The smallest absolute Gasteiger partial charge is 0.340 e. The molecule has 22 heavy (non-hydrogen) atoms. The summed E-state index contributed by atoms with van der Waals surface area (Å²) >= 11 is 1.36. The molecule has 0 aliphatic rings. The van der Waals surface area contributed by atoms with Crippen molar-refractivity contribution in [1.29, 1.82) is 0 Å². The van der Waals surface area contributed by atoms with Crippen LogP contribution in [0.15, 0.2) is 41.1 Å². The van der Waals surface area contributed by atoms with Gasteiger partial charge in [-0.2, -0.15) is 0 Å². The largest absolute Gasteiger partial charge is 0.465 e. The van der Waals surface area contributed by atoms with Crippen LogP contribution >= 0.6 is 11.3 Å². The Labute approximate surface area is 134 Å². The molecule has 0 radical (unpaired) electrons. The molecule has 4 nitrogen and oxygen atoms in total. The predicted octanol–water partition coefficient (Wildman–Crippen LogP) is 3.89. The summed E-state index contributed by atoms with van der Waals surface area (Å²) in [6, 6.07) is 10.2. The van der Waals surface area contributed by atoms with E-state index >= 15 is 0 Å². The van der Waals surface area contributed by atoms with Crippen molar-refractivity contribution < 1.29 is 14.3 Å². The molecule has 5 heteroatoms. The van der Waals surface area contributed by atoms with E-state index in [0.717, 1.165) is 19.3 Å². The number of anilines is 1. The number of unbranched alkanes of at least 4 members (excludes halogenated alkanes) is 1. The van der Waals surface area contributed by atoms with Gasteiger partial charge >= 0.3 is 5.97 Å². The molecule has 1 N–H and O–H groups in total. The molecular formula is C17H19NO3S. The maximum atomic E-state index is 11.9. The number of carbonyl (C=O) groups excluding carboxylic acids is 2. The van der Waals surface area contributed by atoms with Crippen LogP contribution in [0, 0.1) is 0 Å². The monoisotopic (exact) mass is 317 g/mol. The van der Waals surface area contributed by atoms with Gasteiger partial charge in [-0.25, -0.2) is 4.79 Å². The Morgan fingerprint density at radius 2 is 1.91 bits per heavy atom. The zero-order valence-electron chi connectivity index (χ0n) is 12.5. The van der Waals surface area contributed by atoms with E-state index in [1.54, 1.807) is 10.8 Å². The van der Waals surface area contributed by atoms with Gasteiger partial charge < -0.3 is 10.1 Å². The fourth-order valence-corrected chi connectivity index (χ4v) is 2.88. The van der Waals surface area contributed by atoms with Gasteiger partial charge in [0.05, 0.1) is 18.4 Å². The first-order valence-corrected chi connectivity index (χ1v) is 8.13. The highest BCUT2D eigenvalue weighted by atomic mass is 32.1. The van der Waals surface area contributed by atoms with Crippen LogP contribution in [0.25, 0.3) is 0 Å². The minimum absolute atomic E-state index is 0.0726. The van der Waals surface area contributed by atoms with Gasteiger partial charge in [-0.3, -0.25) is 4.79 Å². The third kappa shape index (κ3) is 4.70. The molecule has 0 bridgehead atoms. The van der Waals surface area contributed by atoms with Gasteiger partial charge in [0.2, 0.25) is 5.91 Å². The molecule has 2 aromatic rings. The Morgan fingerprint density at radius 1 is 1.14 bits per heavy atom. The number of esters is 1. The van der Waals surface area contributed by atoms with Crippen molar-refractivity contribution in [2.24, 2.45) is 0 Å². The maximum Gasteiger partial charge on any atom is 0.340 e. The van der Waals surface area contributed by atoms with Crippen molar-refractivity contribution in [2.45, 2.75) is 25.7 Å². The lowest BCUT2D eigenvalue weighted by atomic mass is 10.1. The van der Waals surface area contributed by atoms with E-state index in [1.807, 2.05) is 18.2 Å². The summed E-state index contributed by atoms with van der Waals surface area (Å²) in [7, 11) is 1.33. The summed E-state index contributed by atoms with van der Waals surface area (Å²) in [5, 5.41) is 6.20. The van der Waals surface area contributed by atoms with Gasteiger partial charge in [0.25, 0.3) is 0 Å². The normalized spacial score (nSPS) is 10.2. The van der Waals surface area contributed by atoms with E-state index in [4.69, 9.17) is 0 Å². The summed E-state index contributed by atoms with van der Waals surface area (Å²) in [5.41, 5.74) is 2.23. The van der Waals surface area contributed by atoms with Gasteiger partial charge in [-0.05, 0) is 24.8 Å². The van der Waals surface area contributed by atoms with Crippen LogP contribution in [-0.2, 0) is 16.0 Å². The third-order valence-electron chi connectivity index (χ3n) is 3.30. The lowest BCUT2D eigenvalue weighted by Gasteiger charge is -2.06. The highest BCUT2D eigenvalue weighted by Crippen LogP contribution is 2.22. The predicted molar refractivity (Wildman–Crippen MR) is 88.3 cm³/mol. The third-order valence-corrected chi connectivity index (χ3v) is 4.05. The zero-order chi connectivity index (χ0) is 15.8. The Bertz CT molecular complexity index is 622. The number of methoxy groups -OCH3 is 1. The van der Waals surface area contributed by atoms with Crippen molar-refractivity contribution in [2.75, 3.05) is 12.4 Å². The van der Waals surface area contributed by atoms with Crippen molar-refractivity contribution >= 4 is 28.9 Å². The molecule has 1 aromatic heterocycles. The van der Waals surface area contributed by atoms with Gasteiger partial charge in [0, 0.05) is 17.2 Å². The number of benzene rings is 1. The molecule has 0 atom stereocenters. The number of nitrogens with one attached hydrogen (secondary N) is 1. The van der Waals surface area contributed by atoms with Crippen LogP contribution in [0.3, 0.4) is 0 Å². The number of aryl methyl sites for hydroxylation is 1. The second-order valence-electron chi connectivity index (χ2n) is 4.93. The minimum Gasteiger partial charge on any atom is -0.465 e. The maximum absolute atomic E-state index is 11.9. The summed E-state index contributed by atoms with van der Waals surface area (Å²) < 4.78 is 4.68. The number of hydrogen-bond acceptors (Lipinski definition) is 4. The van der Waals surface area contributed by atoms with Gasteiger partial charge in [-0.1, -0.05) is 30.3 Å². The molecule has 0 saturated carbocycles. The standard InChI is InChI=1S/C17H19NO3S/c1-21-17(20)14-11-22-12-15(14)18-16(19)10-6-5-9-13-7-3-2-4-8-13/h2-4,7-8,11-12H,5-6,9-10H2,1H3,(H,18,19). The van der Waals surface area contributed by atoms with Crippen LogP contribution < -0.4 is 5.32 Å². The van der Waals surface area contributed by atoms with Crippen molar-refractivity contribution in [3.63, 3.8) is 0 Å². The molecule has 0 unspecified atom stereocenters. The van der Waals surface area contributed by atoms with E-state index in [1.165, 1.54) is 24.0 Å². The lowest BCUT2D eigenvalue weighted by molar-refractivity contribution is -0.116. The number of carbonyl (C=O) groups is 2. The number of thiophene rings is 1. The average molecular weight is 317 g/mol. The van der Waals surface area contributed by atoms with Crippen LogP contribution in [-0.4, -0.2) is 19.0 Å². The number of hydrogen-bond donors (Lipinski definition) is 1. The number of amides is 1. The van der Waals surface area contributed by atoms with E-state index in [9.17, 15) is 9.59 Å². The molecule has 2 rings (SSSR count). The van der Waals surface area contributed by atoms with Crippen molar-refractivity contribution in [3.05, 3.63) is 52.2 Å². The molecule has 0 aliphatic carbocycles. The number of ether oxygens (including phenoxy) is 1. The van der Waals surface area contributed by atoms with E-state index in [-0.39, 0.29) is 5.91 Å². The Morgan fingerprint density at radius 3 is 2.64 bits per heavy atom. The second kappa shape index (κ2) is 8.34. The Balaban J connectivity index is 1.74. The Kier molecular flexibility index (Phi) is 6.15. The van der Waals surface area contributed by atoms with Gasteiger partial charge in [0.1, 0.15) is 0 Å². The van der Waals surface area contributed by atoms with Crippen molar-refractivity contribution in [1.82, 2.24) is 0 Å². The molecule has 0 saturated heterocycles. The second-order valence-corrected chi connectivity index (χ2v) is 5.68. The fraction of sp³-hybridized carbons (Fsp3) is 0.294. The molecule has 1 heterocycles. The minimum atomic E-state index is -0.430. The summed E-state index contributed by atoms with van der Waals surface area (Å²) in [4.78, 5) is 23.5. The number of rotatable bonds is 7. The van der Waals surface area contributed by atoms with Gasteiger partial charge in [-0.15, -0.1) is 11.3 Å². The fourth-order valence-electron chi connectivity index (χ4n) is 2.13. The molecule has 0 aliphatic heterocycles. The first-order chi connectivity index (χ1) is 10.7. The molecule has 0 spiro atoms. The SMILES string of the molecule is COC(=O)c1cscc1NC(=O)CCCCc1ccccc1. The molecule has 1 aromatic carbocycles. The summed E-state index contributed by atoms with van der Waals surface area (Å²) in [6.07, 6.45) is 3.20. The van der Waals surface area contributed by atoms with Crippen LogP contribution in [0.5, 0.6) is 0 Å². The molecule has 116 valence electrons. The highest BCUT2D eigenvalue weighted by Gasteiger charge is 2.14. The van der Waals surface area contributed by atoms with Crippen LogP contribution in [0.4, 0.5) is 5.69 Å². The van der Waals surface area contributed by atoms with E-state index in [2.05, 4.69) is 22.2 Å². The average Bonchev–Trinajstić information content (AvgIpc) is 3.00. The first kappa shape index (κ1) is 16.2. The molecular weight excluding hydrogens is 298 g/mol. The zero-order valence-corrected chi connectivity index (χ0v) is 13.3. The molecule has 1 amide bonds. The van der Waals surface area contributed by atoms with Gasteiger partial charge in [0.15, 0.2) is 0 Å².